The summed E-state index contributed by atoms with van der Waals surface area (Å²) in [6.45, 7) is 9.37. The Morgan fingerprint density at radius 1 is 1.06 bits per heavy atom. The number of pyridine rings is 2. The maximum absolute atomic E-state index is 11.7. The van der Waals surface area contributed by atoms with E-state index in [0.717, 1.165) is 56.0 Å². The molecular weight excluding hydrogens is 452 g/mol. The number of aromatic nitrogens is 4. The first-order valence-electron chi connectivity index (χ1n) is 11.9. The number of hydrogen-bond donors (Lipinski definition) is 1. The molecule has 0 spiro atoms. The molecule has 1 aromatic carbocycles. The van der Waals surface area contributed by atoms with Crippen LogP contribution in [0.1, 0.15) is 49.5 Å². The van der Waals surface area contributed by atoms with Crippen molar-refractivity contribution in [3.05, 3.63) is 89.8 Å². The Labute approximate surface area is 209 Å². The van der Waals surface area contributed by atoms with Crippen molar-refractivity contribution in [1.82, 2.24) is 19.7 Å². The largest absolute Gasteiger partial charge is 0.481 e. The molecule has 182 valence electrons. The molecule has 0 aliphatic rings. The molecule has 0 aliphatic heterocycles. The van der Waals surface area contributed by atoms with Crippen LogP contribution in [0.3, 0.4) is 0 Å². The van der Waals surface area contributed by atoms with Crippen LogP contribution in [-0.2, 0) is 10.2 Å². The van der Waals surface area contributed by atoms with Gasteiger partial charge in [0, 0.05) is 35.3 Å². The monoisotopic (exact) mass is 480 g/mol. The van der Waals surface area contributed by atoms with Gasteiger partial charge in [-0.05, 0) is 63.9 Å². The van der Waals surface area contributed by atoms with Crippen molar-refractivity contribution in [2.75, 3.05) is 0 Å². The first kappa shape index (κ1) is 23.5. The molecule has 5 rings (SSSR count). The Bertz CT molecular complexity index is 1540. The van der Waals surface area contributed by atoms with E-state index in [1.165, 1.54) is 0 Å². The summed E-state index contributed by atoms with van der Waals surface area (Å²) in [6.07, 6.45) is 5.76. The van der Waals surface area contributed by atoms with Crippen LogP contribution in [0, 0.1) is 13.8 Å². The number of carboxylic acids is 1. The predicted octanol–water partition coefficient (Wildman–Crippen LogP) is 6.34. The second-order valence-corrected chi connectivity index (χ2v) is 9.68. The molecule has 0 saturated heterocycles. The molecule has 0 bridgehead atoms. The molecule has 5 aromatic rings. The van der Waals surface area contributed by atoms with E-state index in [2.05, 4.69) is 33.9 Å². The third-order valence-electron chi connectivity index (χ3n) is 6.98. The Morgan fingerprint density at radius 3 is 2.42 bits per heavy atom. The predicted molar refractivity (Wildman–Crippen MR) is 139 cm³/mol. The van der Waals surface area contributed by atoms with Crippen LogP contribution in [-0.4, -0.2) is 30.8 Å². The molecule has 36 heavy (non-hydrogen) atoms. The lowest BCUT2D eigenvalue weighted by Crippen LogP contribution is -2.28. The zero-order chi connectivity index (χ0) is 25.6. The van der Waals surface area contributed by atoms with Crippen LogP contribution >= 0.6 is 0 Å². The summed E-state index contributed by atoms with van der Waals surface area (Å²) in [5.41, 5.74) is 7.20. The molecule has 7 heteroatoms. The number of benzene rings is 1. The molecular formula is C29H28N4O3. The smallest absolute Gasteiger partial charge is 0.313 e. The zero-order valence-electron chi connectivity index (χ0n) is 21.0. The average molecular weight is 481 g/mol. The molecule has 1 N–H and O–H groups in total. The summed E-state index contributed by atoms with van der Waals surface area (Å²) in [4.78, 5) is 21.2. The molecule has 4 heterocycles. The van der Waals surface area contributed by atoms with Gasteiger partial charge in [0.1, 0.15) is 5.76 Å². The van der Waals surface area contributed by atoms with Gasteiger partial charge in [0.05, 0.1) is 33.9 Å². The minimum Gasteiger partial charge on any atom is -0.481 e. The first-order valence-corrected chi connectivity index (χ1v) is 11.9. The van der Waals surface area contributed by atoms with Crippen molar-refractivity contribution in [1.29, 1.82) is 0 Å². The van der Waals surface area contributed by atoms with Crippen LogP contribution in [0.5, 0.6) is 0 Å². The summed E-state index contributed by atoms with van der Waals surface area (Å²) >= 11 is 0. The topological polar surface area (TPSA) is 94.0 Å². The first-order chi connectivity index (χ1) is 17.2. The number of hydrogen-bond acceptors (Lipinski definition) is 5. The third-order valence-corrected chi connectivity index (χ3v) is 6.98. The van der Waals surface area contributed by atoms with Crippen LogP contribution in [0.15, 0.2) is 71.6 Å². The average Bonchev–Trinajstić information content (AvgIpc) is 3.43. The number of aryl methyl sites for hydroxylation is 2. The van der Waals surface area contributed by atoms with Gasteiger partial charge in [-0.25, -0.2) is 0 Å². The van der Waals surface area contributed by atoms with E-state index in [1.54, 1.807) is 20.0 Å². The zero-order valence-corrected chi connectivity index (χ0v) is 21.0. The van der Waals surface area contributed by atoms with Crippen molar-refractivity contribution in [3.63, 3.8) is 0 Å². The fourth-order valence-corrected chi connectivity index (χ4v) is 4.65. The lowest BCUT2D eigenvalue weighted by Gasteiger charge is -2.19. The Balaban J connectivity index is 1.69. The van der Waals surface area contributed by atoms with Crippen molar-refractivity contribution in [3.8, 4) is 22.3 Å². The number of carboxylic acid groups (broad SMARTS) is 1. The van der Waals surface area contributed by atoms with Gasteiger partial charge in [-0.1, -0.05) is 35.5 Å². The quantitative estimate of drug-likeness (QED) is 0.305. The molecule has 0 amide bonds. The molecule has 0 aliphatic carbocycles. The lowest BCUT2D eigenvalue weighted by molar-refractivity contribution is -0.142. The van der Waals surface area contributed by atoms with E-state index in [0.29, 0.717) is 0 Å². The van der Waals surface area contributed by atoms with Crippen molar-refractivity contribution in [2.24, 2.45) is 0 Å². The molecule has 0 saturated carbocycles. The van der Waals surface area contributed by atoms with Crippen molar-refractivity contribution < 1.29 is 14.4 Å². The van der Waals surface area contributed by atoms with Crippen LogP contribution in [0.2, 0.25) is 0 Å². The van der Waals surface area contributed by atoms with Crippen molar-refractivity contribution >= 4 is 17.0 Å². The van der Waals surface area contributed by atoms with Crippen molar-refractivity contribution in [2.45, 2.75) is 46.1 Å². The SMILES string of the molecule is Cc1noc(C)c1-c1cnc2c(-c3ccc(C(C)(C)C(=O)O)cc3)cn([C@@H](C)c3ccccn3)c2c1. The Morgan fingerprint density at radius 2 is 1.81 bits per heavy atom. The van der Waals surface area contributed by atoms with E-state index < -0.39 is 11.4 Å². The van der Waals surface area contributed by atoms with Gasteiger partial charge in [-0.3, -0.25) is 14.8 Å². The highest BCUT2D eigenvalue weighted by Gasteiger charge is 2.29. The summed E-state index contributed by atoms with van der Waals surface area (Å²) < 4.78 is 7.59. The maximum atomic E-state index is 11.7. The van der Waals surface area contributed by atoms with Gasteiger partial charge in [0.2, 0.25) is 0 Å². The fraction of sp³-hybridized carbons (Fsp3) is 0.241. The molecule has 0 unspecified atom stereocenters. The lowest BCUT2D eigenvalue weighted by atomic mass is 9.84. The van der Waals surface area contributed by atoms with Gasteiger partial charge in [-0.2, -0.15) is 0 Å². The Hall–Kier alpha value is -4.26. The number of carbonyl (C=O) groups is 1. The normalized spacial score (nSPS) is 12.7. The maximum Gasteiger partial charge on any atom is 0.313 e. The van der Waals surface area contributed by atoms with E-state index in [1.807, 2.05) is 62.5 Å². The number of fused-ring (bicyclic) bond motifs is 1. The number of aliphatic carboxylic acids is 1. The number of rotatable bonds is 6. The number of nitrogens with zero attached hydrogens (tertiary/aromatic N) is 4. The third kappa shape index (κ3) is 3.86. The summed E-state index contributed by atoms with van der Waals surface area (Å²) in [5, 5.41) is 13.7. The van der Waals surface area contributed by atoms with E-state index in [-0.39, 0.29) is 6.04 Å². The minimum atomic E-state index is -0.971. The van der Waals surface area contributed by atoms with Gasteiger partial charge in [-0.15, -0.1) is 0 Å². The minimum absolute atomic E-state index is 0.0330. The van der Waals surface area contributed by atoms with E-state index >= 15 is 0 Å². The molecule has 7 nitrogen and oxygen atoms in total. The highest BCUT2D eigenvalue weighted by atomic mass is 16.5. The second kappa shape index (κ2) is 8.75. The van der Waals surface area contributed by atoms with Gasteiger partial charge >= 0.3 is 5.97 Å². The van der Waals surface area contributed by atoms with E-state index in [4.69, 9.17) is 9.51 Å². The van der Waals surface area contributed by atoms with Crippen LogP contribution in [0.4, 0.5) is 0 Å². The van der Waals surface area contributed by atoms with Crippen LogP contribution < -0.4 is 0 Å². The summed E-state index contributed by atoms with van der Waals surface area (Å²) in [6, 6.07) is 15.7. The molecule has 0 fully saturated rings. The van der Waals surface area contributed by atoms with Gasteiger partial charge in [0.15, 0.2) is 0 Å². The molecule has 0 radical (unpaired) electrons. The standard InChI is InChI=1S/C29H28N4O3/c1-17-26(19(3)36-32-17)21-14-25-27(31-15-21)23(16-33(25)18(2)24-8-6-7-13-30-24)20-9-11-22(12-10-20)29(4,5)28(34)35/h6-16,18H,1-5H3,(H,34,35)/t18-/m0/s1. The van der Waals surface area contributed by atoms with Gasteiger partial charge in [0.25, 0.3) is 0 Å². The summed E-state index contributed by atoms with van der Waals surface area (Å²) in [7, 11) is 0. The highest BCUT2D eigenvalue weighted by Crippen LogP contribution is 2.37. The molecule has 4 aromatic heterocycles. The highest BCUT2D eigenvalue weighted by molar-refractivity contribution is 5.95. The van der Waals surface area contributed by atoms with E-state index in [9.17, 15) is 9.90 Å². The van der Waals surface area contributed by atoms with Gasteiger partial charge < -0.3 is 14.2 Å². The fourth-order valence-electron chi connectivity index (χ4n) is 4.65. The Kier molecular flexibility index (Phi) is 5.71. The molecule has 1 atom stereocenters. The summed E-state index contributed by atoms with van der Waals surface area (Å²) in [5.74, 6) is -0.106. The second-order valence-electron chi connectivity index (χ2n) is 9.68. The van der Waals surface area contributed by atoms with Crippen LogP contribution in [0.25, 0.3) is 33.3 Å².